The lowest BCUT2D eigenvalue weighted by Crippen LogP contribution is -2.24. The molecule has 0 saturated carbocycles. The molecule has 1 aliphatic heterocycles. The molecule has 1 N–H and O–H groups in total. The van der Waals surface area contributed by atoms with Crippen molar-refractivity contribution in [1.29, 1.82) is 0 Å². The molecule has 2 aliphatic rings. The van der Waals surface area contributed by atoms with Gasteiger partial charge in [-0.15, -0.1) is 0 Å². The van der Waals surface area contributed by atoms with Gasteiger partial charge in [0.25, 0.3) is 0 Å². The Balaban J connectivity index is 1.81. The first kappa shape index (κ1) is 14.6. The Morgan fingerprint density at radius 2 is 2.38 bits per heavy atom. The van der Waals surface area contributed by atoms with Crippen LogP contribution in [-0.4, -0.2) is 19.1 Å². The minimum absolute atomic E-state index is 0.134. The molecule has 0 spiro atoms. The monoisotopic (exact) mass is 349 g/mol. The first-order valence-electron chi connectivity index (χ1n) is 7.62. The van der Waals surface area contributed by atoms with Gasteiger partial charge in [0, 0.05) is 18.5 Å². The Hall–Kier alpha value is -1.29. The van der Waals surface area contributed by atoms with E-state index in [2.05, 4.69) is 39.5 Å². The van der Waals surface area contributed by atoms with Gasteiger partial charge < -0.3 is 10.1 Å². The van der Waals surface area contributed by atoms with E-state index in [0.717, 1.165) is 36.0 Å². The minimum Gasteiger partial charge on any atom is -0.488 e. The zero-order chi connectivity index (χ0) is 14.8. The van der Waals surface area contributed by atoms with Crippen LogP contribution in [0.4, 0.5) is 0 Å². The van der Waals surface area contributed by atoms with Crippen molar-refractivity contribution in [2.45, 2.75) is 38.5 Å². The smallest absolute Gasteiger partial charge is 0.219 e. The SMILES string of the molecule is CCC(=O)NCCC1CCc2cc(Br)c3c(c21)C=CCO3. The highest BCUT2D eigenvalue weighted by Crippen LogP contribution is 2.46. The summed E-state index contributed by atoms with van der Waals surface area (Å²) < 4.78 is 6.84. The number of amides is 1. The number of ether oxygens (including phenoxy) is 1. The number of hydrogen-bond acceptors (Lipinski definition) is 2. The van der Waals surface area contributed by atoms with Crippen molar-refractivity contribution in [3.8, 4) is 5.75 Å². The molecular weight excluding hydrogens is 330 g/mol. The summed E-state index contributed by atoms with van der Waals surface area (Å²) in [7, 11) is 0. The highest BCUT2D eigenvalue weighted by atomic mass is 79.9. The Kier molecular flexibility index (Phi) is 4.34. The number of fused-ring (bicyclic) bond motifs is 3. The third kappa shape index (κ3) is 2.86. The molecule has 1 heterocycles. The molecule has 1 aromatic carbocycles. The van der Waals surface area contributed by atoms with E-state index in [4.69, 9.17) is 4.74 Å². The summed E-state index contributed by atoms with van der Waals surface area (Å²) in [6.07, 6.45) is 8.09. The number of rotatable bonds is 4. The summed E-state index contributed by atoms with van der Waals surface area (Å²) in [5.41, 5.74) is 4.08. The van der Waals surface area contributed by atoms with E-state index in [9.17, 15) is 4.79 Å². The lowest BCUT2D eigenvalue weighted by atomic mass is 9.91. The summed E-state index contributed by atoms with van der Waals surface area (Å²) in [6, 6.07) is 2.21. The predicted octanol–water partition coefficient (Wildman–Crippen LogP) is 3.80. The van der Waals surface area contributed by atoms with Gasteiger partial charge in [-0.1, -0.05) is 13.0 Å². The Morgan fingerprint density at radius 1 is 1.52 bits per heavy atom. The molecule has 0 aromatic heterocycles. The number of carbonyl (C=O) groups excluding carboxylic acids is 1. The van der Waals surface area contributed by atoms with E-state index in [1.807, 2.05) is 6.92 Å². The van der Waals surface area contributed by atoms with Gasteiger partial charge in [0.1, 0.15) is 12.4 Å². The van der Waals surface area contributed by atoms with Crippen molar-refractivity contribution in [2.24, 2.45) is 0 Å². The summed E-state index contributed by atoms with van der Waals surface area (Å²) in [5, 5.41) is 2.98. The van der Waals surface area contributed by atoms with Gasteiger partial charge in [0.05, 0.1) is 4.47 Å². The normalized spacial score (nSPS) is 18.9. The lowest BCUT2D eigenvalue weighted by Gasteiger charge is -2.21. The molecule has 3 rings (SSSR count). The molecule has 1 aliphatic carbocycles. The molecule has 0 radical (unpaired) electrons. The number of aryl methyl sites for hydroxylation is 1. The molecule has 1 amide bonds. The second-order valence-corrected chi connectivity index (χ2v) is 6.47. The van der Waals surface area contributed by atoms with Gasteiger partial charge >= 0.3 is 0 Å². The maximum Gasteiger partial charge on any atom is 0.219 e. The standard InChI is InChI=1S/C17H20BrNO2/c1-2-15(20)19-8-7-11-5-6-12-10-14(18)17-13(16(11)12)4-3-9-21-17/h3-4,10-11H,2,5-9H2,1H3,(H,19,20). The topological polar surface area (TPSA) is 38.3 Å². The summed E-state index contributed by atoms with van der Waals surface area (Å²) in [5.74, 6) is 1.63. The van der Waals surface area contributed by atoms with E-state index in [1.54, 1.807) is 0 Å². The maximum absolute atomic E-state index is 11.4. The molecule has 112 valence electrons. The van der Waals surface area contributed by atoms with Crippen LogP contribution in [0.2, 0.25) is 0 Å². The van der Waals surface area contributed by atoms with E-state index in [1.165, 1.54) is 16.7 Å². The number of hydrogen-bond donors (Lipinski definition) is 1. The highest BCUT2D eigenvalue weighted by Gasteiger charge is 2.28. The van der Waals surface area contributed by atoms with Crippen molar-refractivity contribution in [1.82, 2.24) is 5.32 Å². The van der Waals surface area contributed by atoms with E-state index in [0.29, 0.717) is 18.9 Å². The van der Waals surface area contributed by atoms with Crippen LogP contribution in [-0.2, 0) is 11.2 Å². The largest absolute Gasteiger partial charge is 0.488 e. The Morgan fingerprint density at radius 3 is 3.19 bits per heavy atom. The third-order valence-electron chi connectivity index (χ3n) is 4.31. The third-order valence-corrected chi connectivity index (χ3v) is 4.90. The summed E-state index contributed by atoms with van der Waals surface area (Å²) in [6.45, 7) is 3.28. The molecule has 0 bridgehead atoms. The minimum atomic E-state index is 0.134. The Labute approximate surface area is 133 Å². The van der Waals surface area contributed by atoms with Crippen LogP contribution in [0.15, 0.2) is 16.6 Å². The van der Waals surface area contributed by atoms with Crippen LogP contribution >= 0.6 is 15.9 Å². The number of carbonyl (C=O) groups is 1. The van der Waals surface area contributed by atoms with Gasteiger partial charge in [-0.2, -0.15) is 0 Å². The van der Waals surface area contributed by atoms with Crippen molar-refractivity contribution >= 4 is 27.9 Å². The number of nitrogens with one attached hydrogen (secondary N) is 1. The van der Waals surface area contributed by atoms with Crippen LogP contribution in [0.1, 0.15) is 48.8 Å². The molecule has 1 atom stereocenters. The lowest BCUT2D eigenvalue weighted by molar-refractivity contribution is -0.120. The molecule has 1 unspecified atom stereocenters. The van der Waals surface area contributed by atoms with Gasteiger partial charge in [-0.3, -0.25) is 4.79 Å². The van der Waals surface area contributed by atoms with Crippen molar-refractivity contribution < 1.29 is 9.53 Å². The number of benzene rings is 1. The Bertz CT molecular complexity index is 595. The van der Waals surface area contributed by atoms with Gasteiger partial charge in [0.2, 0.25) is 5.91 Å². The zero-order valence-corrected chi connectivity index (χ0v) is 13.8. The van der Waals surface area contributed by atoms with E-state index in [-0.39, 0.29) is 5.91 Å². The predicted molar refractivity (Wildman–Crippen MR) is 87.7 cm³/mol. The van der Waals surface area contributed by atoms with Crippen LogP contribution in [0, 0.1) is 0 Å². The van der Waals surface area contributed by atoms with Gasteiger partial charge in [-0.05, 0) is 64.4 Å². The fraction of sp³-hybridized carbons (Fsp3) is 0.471. The van der Waals surface area contributed by atoms with Crippen LogP contribution in [0.5, 0.6) is 5.75 Å². The molecule has 21 heavy (non-hydrogen) atoms. The fourth-order valence-corrected chi connectivity index (χ4v) is 3.90. The van der Waals surface area contributed by atoms with Crippen LogP contribution in [0.3, 0.4) is 0 Å². The first-order valence-corrected chi connectivity index (χ1v) is 8.41. The van der Waals surface area contributed by atoms with Crippen LogP contribution in [0.25, 0.3) is 6.08 Å². The van der Waals surface area contributed by atoms with Crippen molar-refractivity contribution in [3.05, 3.63) is 33.3 Å². The van der Waals surface area contributed by atoms with Gasteiger partial charge in [0.15, 0.2) is 0 Å². The number of halogens is 1. The first-order chi connectivity index (χ1) is 10.2. The maximum atomic E-state index is 11.4. The summed E-state index contributed by atoms with van der Waals surface area (Å²) in [4.78, 5) is 11.4. The zero-order valence-electron chi connectivity index (χ0n) is 12.2. The second-order valence-electron chi connectivity index (χ2n) is 5.62. The van der Waals surface area contributed by atoms with E-state index >= 15 is 0 Å². The average Bonchev–Trinajstić information content (AvgIpc) is 2.90. The quantitative estimate of drug-likeness (QED) is 0.897. The van der Waals surface area contributed by atoms with Crippen molar-refractivity contribution in [3.63, 3.8) is 0 Å². The summed E-state index contributed by atoms with van der Waals surface area (Å²) >= 11 is 3.62. The highest BCUT2D eigenvalue weighted by molar-refractivity contribution is 9.10. The van der Waals surface area contributed by atoms with Gasteiger partial charge in [-0.25, -0.2) is 0 Å². The van der Waals surface area contributed by atoms with E-state index < -0.39 is 0 Å². The molecule has 0 saturated heterocycles. The van der Waals surface area contributed by atoms with Crippen molar-refractivity contribution in [2.75, 3.05) is 13.2 Å². The van der Waals surface area contributed by atoms with Crippen LogP contribution < -0.4 is 10.1 Å². The fourth-order valence-electron chi connectivity index (χ4n) is 3.29. The molecule has 1 aromatic rings. The molecule has 0 fully saturated rings. The second kappa shape index (κ2) is 6.22. The molecule has 3 nitrogen and oxygen atoms in total. The average molecular weight is 350 g/mol. The molecular formula is C17H20BrNO2. The molecule has 4 heteroatoms.